The van der Waals surface area contributed by atoms with Crippen LogP contribution in [0, 0.1) is 13.8 Å². The summed E-state index contributed by atoms with van der Waals surface area (Å²) < 4.78 is 0. The molecule has 5 nitrogen and oxygen atoms in total. The van der Waals surface area contributed by atoms with E-state index in [1.807, 2.05) is 18.2 Å². The third kappa shape index (κ3) is 4.53. The number of rotatable bonds is 6. The number of amides is 1. The van der Waals surface area contributed by atoms with Crippen LogP contribution >= 0.6 is 11.3 Å². The number of benzene rings is 1. The van der Waals surface area contributed by atoms with Crippen molar-refractivity contribution in [1.29, 1.82) is 0 Å². The van der Waals surface area contributed by atoms with E-state index >= 15 is 0 Å². The van der Waals surface area contributed by atoms with E-state index in [9.17, 15) is 4.79 Å². The van der Waals surface area contributed by atoms with E-state index in [-0.39, 0.29) is 12.5 Å². The zero-order valence-corrected chi connectivity index (χ0v) is 13.4. The molecule has 0 saturated heterocycles. The van der Waals surface area contributed by atoms with Crippen molar-refractivity contribution in [2.45, 2.75) is 33.6 Å². The molecule has 2 N–H and O–H groups in total. The molecular formula is C15H20N4OS. The van der Waals surface area contributed by atoms with Crippen LogP contribution in [-0.4, -0.2) is 22.6 Å². The van der Waals surface area contributed by atoms with Crippen LogP contribution in [0.2, 0.25) is 0 Å². The van der Waals surface area contributed by atoms with Gasteiger partial charge in [0.2, 0.25) is 11.0 Å². The summed E-state index contributed by atoms with van der Waals surface area (Å²) >= 11 is 1.43. The Hall–Kier alpha value is -1.95. The minimum absolute atomic E-state index is 0.118. The standard InChI is InChI=1S/C15H20N4OS/c1-4-5-14-18-19-15(21-14)17-13(20)9-16-12-7-6-10(2)11(3)8-12/h6-8,16H,4-5,9H2,1-3H3,(H,17,19,20). The van der Waals surface area contributed by atoms with Gasteiger partial charge in [-0.2, -0.15) is 0 Å². The Kier molecular flexibility index (Phi) is 5.27. The number of hydrogen-bond donors (Lipinski definition) is 2. The molecule has 0 atom stereocenters. The zero-order chi connectivity index (χ0) is 15.2. The van der Waals surface area contributed by atoms with Crippen molar-refractivity contribution in [1.82, 2.24) is 10.2 Å². The molecule has 1 amide bonds. The molecule has 2 aromatic rings. The lowest BCUT2D eigenvalue weighted by Gasteiger charge is -2.08. The predicted molar refractivity (Wildman–Crippen MR) is 86.9 cm³/mol. The van der Waals surface area contributed by atoms with Crippen molar-refractivity contribution in [2.75, 3.05) is 17.2 Å². The van der Waals surface area contributed by atoms with Gasteiger partial charge in [-0.05, 0) is 43.5 Å². The maximum absolute atomic E-state index is 11.9. The Bertz CT molecular complexity index is 624. The van der Waals surface area contributed by atoms with Crippen molar-refractivity contribution < 1.29 is 4.79 Å². The Morgan fingerprint density at radius 1 is 1.24 bits per heavy atom. The van der Waals surface area contributed by atoms with Crippen molar-refractivity contribution in [3.05, 3.63) is 34.3 Å². The summed E-state index contributed by atoms with van der Waals surface area (Å²) in [5.74, 6) is -0.118. The number of aromatic nitrogens is 2. The number of aryl methyl sites for hydroxylation is 3. The third-order valence-electron chi connectivity index (χ3n) is 3.14. The Morgan fingerprint density at radius 2 is 2.05 bits per heavy atom. The summed E-state index contributed by atoms with van der Waals surface area (Å²) in [6, 6.07) is 6.05. The van der Waals surface area contributed by atoms with E-state index in [1.165, 1.54) is 22.5 Å². The molecule has 0 saturated carbocycles. The van der Waals surface area contributed by atoms with Crippen LogP contribution in [0.4, 0.5) is 10.8 Å². The average Bonchev–Trinajstić information content (AvgIpc) is 2.88. The van der Waals surface area contributed by atoms with Crippen LogP contribution in [0.1, 0.15) is 29.5 Å². The highest BCUT2D eigenvalue weighted by atomic mass is 32.1. The van der Waals surface area contributed by atoms with Crippen LogP contribution in [0.3, 0.4) is 0 Å². The van der Waals surface area contributed by atoms with Gasteiger partial charge in [-0.15, -0.1) is 10.2 Å². The molecule has 0 aliphatic rings. The second-order valence-electron chi connectivity index (χ2n) is 4.95. The van der Waals surface area contributed by atoms with Gasteiger partial charge in [0.25, 0.3) is 0 Å². The minimum atomic E-state index is -0.118. The van der Waals surface area contributed by atoms with Crippen molar-refractivity contribution in [3.8, 4) is 0 Å². The van der Waals surface area contributed by atoms with E-state index in [0.29, 0.717) is 5.13 Å². The van der Waals surface area contributed by atoms with Gasteiger partial charge in [0.15, 0.2) is 0 Å². The van der Waals surface area contributed by atoms with Gasteiger partial charge in [0.1, 0.15) is 5.01 Å². The Balaban J connectivity index is 1.85. The van der Waals surface area contributed by atoms with E-state index < -0.39 is 0 Å². The highest BCUT2D eigenvalue weighted by molar-refractivity contribution is 7.15. The lowest BCUT2D eigenvalue weighted by molar-refractivity contribution is -0.114. The molecule has 1 aromatic heterocycles. The molecule has 112 valence electrons. The fraction of sp³-hybridized carbons (Fsp3) is 0.400. The molecule has 0 spiro atoms. The lowest BCUT2D eigenvalue weighted by Crippen LogP contribution is -2.21. The first-order valence-electron chi connectivity index (χ1n) is 7.02. The number of anilines is 2. The monoisotopic (exact) mass is 304 g/mol. The summed E-state index contributed by atoms with van der Waals surface area (Å²) in [5.41, 5.74) is 3.38. The number of nitrogens with one attached hydrogen (secondary N) is 2. The van der Waals surface area contributed by atoms with E-state index in [4.69, 9.17) is 0 Å². The molecular weight excluding hydrogens is 284 g/mol. The first-order chi connectivity index (χ1) is 10.1. The minimum Gasteiger partial charge on any atom is -0.376 e. The van der Waals surface area contributed by atoms with E-state index in [0.717, 1.165) is 23.5 Å². The Labute approximate surface area is 128 Å². The van der Waals surface area contributed by atoms with Crippen LogP contribution < -0.4 is 10.6 Å². The van der Waals surface area contributed by atoms with Crippen molar-refractivity contribution in [3.63, 3.8) is 0 Å². The second kappa shape index (κ2) is 7.17. The Morgan fingerprint density at radius 3 is 2.76 bits per heavy atom. The van der Waals surface area contributed by atoms with Crippen LogP contribution in [0.25, 0.3) is 0 Å². The quantitative estimate of drug-likeness (QED) is 0.860. The van der Waals surface area contributed by atoms with Crippen molar-refractivity contribution >= 4 is 28.1 Å². The van der Waals surface area contributed by atoms with Gasteiger partial charge in [-0.25, -0.2) is 0 Å². The van der Waals surface area contributed by atoms with Crippen LogP contribution in [-0.2, 0) is 11.2 Å². The van der Waals surface area contributed by atoms with E-state index in [2.05, 4.69) is 41.6 Å². The molecule has 0 radical (unpaired) electrons. The highest BCUT2D eigenvalue weighted by Crippen LogP contribution is 2.17. The number of nitrogens with zero attached hydrogens (tertiary/aromatic N) is 2. The third-order valence-corrected chi connectivity index (χ3v) is 4.04. The summed E-state index contributed by atoms with van der Waals surface area (Å²) in [4.78, 5) is 11.9. The van der Waals surface area contributed by atoms with E-state index in [1.54, 1.807) is 0 Å². The van der Waals surface area contributed by atoms with Gasteiger partial charge >= 0.3 is 0 Å². The molecule has 0 bridgehead atoms. The zero-order valence-electron chi connectivity index (χ0n) is 12.6. The fourth-order valence-corrected chi connectivity index (χ4v) is 2.67. The second-order valence-corrected chi connectivity index (χ2v) is 6.01. The molecule has 0 aliphatic carbocycles. The topological polar surface area (TPSA) is 66.9 Å². The molecule has 1 aromatic carbocycles. The molecule has 0 unspecified atom stereocenters. The summed E-state index contributed by atoms with van der Waals surface area (Å²) in [7, 11) is 0. The number of carbonyl (C=O) groups excluding carboxylic acids is 1. The van der Waals surface area contributed by atoms with Crippen LogP contribution in [0.15, 0.2) is 18.2 Å². The number of hydrogen-bond acceptors (Lipinski definition) is 5. The molecule has 2 rings (SSSR count). The largest absolute Gasteiger partial charge is 0.376 e. The smallest absolute Gasteiger partial charge is 0.245 e. The van der Waals surface area contributed by atoms with Gasteiger partial charge in [-0.3, -0.25) is 10.1 Å². The normalized spacial score (nSPS) is 10.4. The molecule has 6 heteroatoms. The molecule has 1 heterocycles. The fourth-order valence-electron chi connectivity index (χ4n) is 1.82. The maximum atomic E-state index is 11.9. The van der Waals surface area contributed by atoms with Crippen LogP contribution in [0.5, 0.6) is 0 Å². The first-order valence-corrected chi connectivity index (χ1v) is 7.83. The lowest BCUT2D eigenvalue weighted by atomic mass is 10.1. The van der Waals surface area contributed by atoms with Gasteiger partial charge in [-0.1, -0.05) is 24.3 Å². The summed E-state index contributed by atoms with van der Waals surface area (Å²) in [6.07, 6.45) is 1.92. The van der Waals surface area contributed by atoms with Gasteiger partial charge < -0.3 is 5.32 Å². The average molecular weight is 304 g/mol. The van der Waals surface area contributed by atoms with Gasteiger partial charge in [0, 0.05) is 12.1 Å². The summed E-state index contributed by atoms with van der Waals surface area (Å²) in [5, 5.41) is 15.4. The summed E-state index contributed by atoms with van der Waals surface area (Å²) in [6.45, 7) is 6.42. The predicted octanol–water partition coefficient (Wildman–Crippen LogP) is 3.16. The molecule has 0 aliphatic heterocycles. The first kappa shape index (κ1) is 15.4. The maximum Gasteiger partial charge on any atom is 0.245 e. The SMILES string of the molecule is CCCc1nnc(NC(=O)CNc2ccc(C)c(C)c2)s1. The van der Waals surface area contributed by atoms with Crippen molar-refractivity contribution in [2.24, 2.45) is 0 Å². The number of carbonyl (C=O) groups is 1. The highest BCUT2D eigenvalue weighted by Gasteiger charge is 2.07. The molecule has 21 heavy (non-hydrogen) atoms. The van der Waals surface area contributed by atoms with Gasteiger partial charge in [0.05, 0.1) is 6.54 Å². The molecule has 0 fully saturated rings.